The number of rotatable bonds is 6. The summed E-state index contributed by atoms with van der Waals surface area (Å²) in [5.41, 5.74) is 2.18. The quantitative estimate of drug-likeness (QED) is 0.356. The van der Waals surface area contributed by atoms with Crippen LogP contribution >= 0.6 is 0 Å². The summed E-state index contributed by atoms with van der Waals surface area (Å²) in [4.78, 5) is 27.7. The first-order chi connectivity index (χ1) is 15.0. The van der Waals surface area contributed by atoms with Crippen molar-refractivity contribution in [2.24, 2.45) is 0 Å². The fourth-order valence-electron chi connectivity index (χ4n) is 3.06. The lowest BCUT2D eigenvalue weighted by molar-refractivity contribution is -0.385. The van der Waals surface area contributed by atoms with Crippen molar-refractivity contribution in [3.8, 4) is 23.0 Å². The van der Waals surface area contributed by atoms with Crippen molar-refractivity contribution >= 4 is 28.4 Å². The second-order valence-electron chi connectivity index (χ2n) is 6.53. The Morgan fingerprint density at radius 3 is 2.65 bits per heavy atom. The van der Waals surface area contributed by atoms with Gasteiger partial charge in [-0.1, -0.05) is 6.07 Å². The molecule has 0 bridgehead atoms. The van der Waals surface area contributed by atoms with Gasteiger partial charge in [0.2, 0.25) is 5.89 Å². The molecular weight excluding hydrogens is 402 g/mol. The van der Waals surface area contributed by atoms with Crippen LogP contribution in [0.1, 0.15) is 10.4 Å². The zero-order valence-corrected chi connectivity index (χ0v) is 16.6. The molecule has 4 rings (SSSR count). The number of carbonyl (C=O) groups is 1. The Kier molecular flexibility index (Phi) is 5.23. The van der Waals surface area contributed by atoms with Crippen molar-refractivity contribution in [2.75, 3.05) is 19.5 Å². The number of nitro groups is 1. The van der Waals surface area contributed by atoms with Gasteiger partial charge in [-0.25, -0.2) is 4.98 Å². The minimum Gasteiger partial charge on any atom is -0.497 e. The molecule has 0 radical (unpaired) electrons. The van der Waals surface area contributed by atoms with Crippen molar-refractivity contribution in [3.63, 3.8) is 0 Å². The number of hydrogen-bond acceptors (Lipinski definition) is 7. The number of fused-ring (bicyclic) bond motifs is 1. The topological polar surface area (TPSA) is 117 Å². The zero-order chi connectivity index (χ0) is 22.0. The number of methoxy groups -OCH3 is 2. The Morgan fingerprint density at radius 1 is 1.06 bits per heavy atom. The van der Waals surface area contributed by atoms with Gasteiger partial charge in [-0.05, 0) is 48.5 Å². The first kappa shape index (κ1) is 19.9. The number of hydrogen-bond donors (Lipinski definition) is 1. The molecule has 0 atom stereocenters. The van der Waals surface area contributed by atoms with Gasteiger partial charge >= 0.3 is 5.69 Å². The highest BCUT2D eigenvalue weighted by Gasteiger charge is 2.18. The van der Waals surface area contributed by atoms with Gasteiger partial charge < -0.3 is 19.2 Å². The lowest BCUT2D eigenvalue weighted by Gasteiger charge is -2.06. The van der Waals surface area contributed by atoms with Crippen molar-refractivity contribution in [2.45, 2.75) is 0 Å². The van der Waals surface area contributed by atoms with Crippen LogP contribution in [0.2, 0.25) is 0 Å². The van der Waals surface area contributed by atoms with E-state index in [0.29, 0.717) is 28.4 Å². The monoisotopic (exact) mass is 419 g/mol. The Balaban J connectivity index is 1.60. The fraction of sp³-hybridized carbons (Fsp3) is 0.0909. The Morgan fingerprint density at radius 2 is 1.90 bits per heavy atom. The van der Waals surface area contributed by atoms with Gasteiger partial charge in [-0.3, -0.25) is 14.9 Å². The number of nitrogens with zero attached hydrogens (tertiary/aromatic N) is 2. The molecule has 1 aromatic heterocycles. The number of benzene rings is 3. The summed E-state index contributed by atoms with van der Waals surface area (Å²) in [7, 11) is 2.91. The van der Waals surface area contributed by atoms with E-state index in [2.05, 4.69) is 10.3 Å². The third-order valence-electron chi connectivity index (χ3n) is 4.60. The SMILES string of the molecule is COc1cccc(-c2nc3cc(NC(=O)c4ccc(OC)c([N+](=O)[O-])c4)ccc3o2)c1. The fourth-order valence-corrected chi connectivity index (χ4v) is 3.06. The van der Waals surface area contributed by atoms with Gasteiger partial charge in [0.05, 0.1) is 19.1 Å². The molecule has 4 aromatic rings. The largest absolute Gasteiger partial charge is 0.497 e. The lowest BCUT2D eigenvalue weighted by Crippen LogP contribution is -2.12. The smallest absolute Gasteiger partial charge is 0.311 e. The summed E-state index contributed by atoms with van der Waals surface area (Å²) in [6, 6.07) is 16.4. The molecule has 0 aliphatic heterocycles. The molecule has 0 fully saturated rings. The van der Waals surface area contributed by atoms with Crippen LogP contribution in [-0.2, 0) is 0 Å². The van der Waals surface area contributed by atoms with Crippen LogP contribution in [0.5, 0.6) is 11.5 Å². The van der Waals surface area contributed by atoms with E-state index in [1.807, 2.05) is 24.3 Å². The second kappa shape index (κ2) is 8.15. The van der Waals surface area contributed by atoms with Gasteiger partial charge in [0.15, 0.2) is 11.3 Å². The molecule has 9 nitrogen and oxygen atoms in total. The number of nitrogens with one attached hydrogen (secondary N) is 1. The van der Waals surface area contributed by atoms with Crippen LogP contribution in [0.25, 0.3) is 22.6 Å². The molecule has 0 saturated heterocycles. The first-order valence-corrected chi connectivity index (χ1v) is 9.17. The van der Waals surface area contributed by atoms with Gasteiger partial charge in [0, 0.05) is 22.9 Å². The maximum absolute atomic E-state index is 12.6. The summed E-state index contributed by atoms with van der Waals surface area (Å²) < 4.78 is 16.0. The highest BCUT2D eigenvalue weighted by molar-refractivity contribution is 6.05. The number of carbonyl (C=O) groups excluding carboxylic acids is 1. The van der Waals surface area contributed by atoms with Crippen LogP contribution in [0, 0.1) is 10.1 Å². The molecule has 0 unspecified atom stereocenters. The highest BCUT2D eigenvalue weighted by Crippen LogP contribution is 2.30. The standard InChI is InChI=1S/C22H17N3O6/c1-29-16-5-3-4-14(10-16)22-24-17-12-15(7-9-19(17)31-22)23-21(26)13-6-8-20(30-2)18(11-13)25(27)28/h3-12H,1-2H3,(H,23,26). The third-order valence-corrected chi connectivity index (χ3v) is 4.60. The maximum Gasteiger partial charge on any atom is 0.311 e. The number of ether oxygens (including phenoxy) is 2. The summed E-state index contributed by atoms with van der Waals surface area (Å²) in [5, 5.41) is 13.9. The average Bonchev–Trinajstić information content (AvgIpc) is 3.22. The van der Waals surface area contributed by atoms with Gasteiger partial charge in [-0.2, -0.15) is 0 Å². The molecule has 0 aliphatic rings. The van der Waals surface area contributed by atoms with E-state index in [-0.39, 0.29) is 17.0 Å². The molecule has 1 N–H and O–H groups in total. The van der Waals surface area contributed by atoms with Crippen LogP contribution in [0.4, 0.5) is 11.4 Å². The Labute approximate surface area is 176 Å². The molecule has 156 valence electrons. The molecule has 3 aromatic carbocycles. The maximum atomic E-state index is 12.6. The van der Waals surface area contributed by atoms with E-state index in [1.165, 1.54) is 25.3 Å². The van der Waals surface area contributed by atoms with E-state index in [9.17, 15) is 14.9 Å². The van der Waals surface area contributed by atoms with E-state index in [4.69, 9.17) is 13.9 Å². The number of anilines is 1. The minimum absolute atomic E-state index is 0.0793. The second-order valence-corrected chi connectivity index (χ2v) is 6.53. The third kappa shape index (κ3) is 4.01. The van der Waals surface area contributed by atoms with Gasteiger partial charge in [-0.15, -0.1) is 0 Å². The predicted octanol–water partition coefficient (Wildman–Crippen LogP) is 4.67. The van der Waals surface area contributed by atoms with E-state index in [1.54, 1.807) is 25.3 Å². The number of aromatic nitrogens is 1. The minimum atomic E-state index is -0.600. The lowest BCUT2D eigenvalue weighted by atomic mass is 10.1. The molecule has 1 heterocycles. The molecule has 0 aliphatic carbocycles. The number of nitro benzene ring substituents is 1. The number of oxazole rings is 1. The molecule has 31 heavy (non-hydrogen) atoms. The summed E-state index contributed by atoms with van der Waals surface area (Å²) in [5.74, 6) is 0.682. The average molecular weight is 419 g/mol. The summed E-state index contributed by atoms with van der Waals surface area (Å²) >= 11 is 0. The van der Waals surface area contributed by atoms with Crippen molar-refractivity contribution in [1.82, 2.24) is 4.98 Å². The first-order valence-electron chi connectivity index (χ1n) is 9.17. The Hall–Kier alpha value is -4.40. The Bertz CT molecular complexity index is 1300. The van der Waals surface area contributed by atoms with Crippen LogP contribution in [0.15, 0.2) is 65.1 Å². The van der Waals surface area contributed by atoms with Crippen molar-refractivity contribution in [1.29, 1.82) is 0 Å². The molecule has 0 saturated carbocycles. The van der Waals surface area contributed by atoms with Gasteiger partial charge in [0.1, 0.15) is 11.3 Å². The van der Waals surface area contributed by atoms with Crippen LogP contribution < -0.4 is 14.8 Å². The number of amides is 1. The van der Waals surface area contributed by atoms with Crippen LogP contribution in [-0.4, -0.2) is 30.0 Å². The molecule has 9 heteroatoms. The predicted molar refractivity (Wildman–Crippen MR) is 114 cm³/mol. The normalized spacial score (nSPS) is 10.6. The van der Waals surface area contributed by atoms with Crippen LogP contribution in [0.3, 0.4) is 0 Å². The highest BCUT2D eigenvalue weighted by atomic mass is 16.6. The van der Waals surface area contributed by atoms with Gasteiger partial charge in [0.25, 0.3) is 5.91 Å². The van der Waals surface area contributed by atoms with E-state index < -0.39 is 10.8 Å². The summed E-state index contributed by atoms with van der Waals surface area (Å²) in [6.45, 7) is 0. The van der Waals surface area contributed by atoms with E-state index >= 15 is 0 Å². The van der Waals surface area contributed by atoms with Crippen molar-refractivity contribution < 1.29 is 23.6 Å². The van der Waals surface area contributed by atoms with E-state index in [0.717, 1.165) is 5.56 Å². The van der Waals surface area contributed by atoms with Crippen molar-refractivity contribution in [3.05, 3.63) is 76.3 Å². The zero-order valence-electron chi connectivity index (χ0n) is 16.6. The summed E-state index contributed by atoms with van der Waals surface area (Å²) in [6.07, 6.45) is 0. The molecule has 1 amide bonds. The molecular formula is C22H17N3O6. The molecule has 0 spiro atoms.